The van der Waals surface area contributed by atoms with Crippen molar-refractivity contribution in [3.63, 3.8) is 0 Å². The van der Waals surface area contributed by atoms with Gasteiger partial charge in [0.05, 0.1) is 22.3 Å². The number of anilines is 2. The maximum absolute atomic E-state index is 13.0. The second kappa shape index (κ2) is 8.81. The summed E-state index contributed by atoms with van der Waals surface area (Å²) in [5, 5.41) is 8.02. The molecule has 0 spiro atoms. The third-order valence-electron chi connectivity index (χ3n) is 4.53. The van der Waals surface area contributed by atoms with Gasteiger partial charge in [-0.2, -0.15) is 13.2 Å². The Morgan fingerprint density at radius 3 is 2.29 bits per heavy atom. The molecule has 2 N–H and O–H groups in total. The number of rotatable bonds is 5. The largest absolute Gasteiger partial charge is 0.417 e. The number of carbonyl (C=O) groups is 2. The number of nitrogens with zero attached hydrogens (tertiary/aromatic N) is 1. The number of hydrogen-bond acceptors (Lipinski definition) is 4. The molecular formula is C21H17ClF3N3O3. The summed E-state index contributed by atoms with van der Waals surface area (Å²) in [6, 6.07) is 7.31. The molecule has 3 rings (SSSR count). The molecule has 0 fully saturated rings. The highest BCUT2D eigenvalue weighted by molar-refractivity contribution is 6.31. The van der Waals surface area contributed by atoms with E-state index in [9.17, 15) is 22.8 Å². The van der Waals surface area contributed by atoms with Crippen molar-refractivity contribution < 1.29 is 27.3 Å². The summed E-state index contributed by atoms with van der Waals surface area (Å²) in [5.74, 6) is 0.289. The summed E-state index contributed by atoms with van der Waals surface area (Å²) >= 11 is 5.58. The zero-order chi connectivity index (χ0) is 22.8. The SMILES string of the molecule is Cc1cc(NC(=O)Nc2ccc(Cl)c(C(F)(F)F)c2)ccc1CC(=O)c1cnoc1C. The molecule has 0 aliphatic heterocycles. The van der Waals surface area contributed by atoms with E-state index >= 15 is 0 Å². The Hall–Kier alpha value is -3.33. The fourth-order valence-corrected chi connectivity index (χ4v) is 3.15. The average Bonchev–Trinajstić information content (AvgIpc) is 3.10. The van der Waals surface area contributed by atoms with E-state index in [1.165, 1.54) is 12.3 Å². The van der Waals surface area contributed by atoms with E-state index in [0.29, 0.717) is 17.0 Å². The zero-order valence-electron chi connectivity index (χ0n) is 16.4. The average molecular weight is 452 g/mol. The number of benzene rings is 2. The molecule has 0 aliphatic carbocycles. The Labute approximate surface area is 180 Å². The van der Waals surface area contributed by atoms with Crippen molar-refractivity contribution in [2.24, 2.45) is 0 Å². The first-order valence-corrected chi connectivity index (χ1v) is 9.41. The molecule has 2 aromatic carbocycles. The van der Waals surface area contributed by atoms with Crippen molar-refractivity contribution in [1.82, 2.24) is 5.16 Å². The highest BCUT2D eigenvalue weighted by Gasteiger charge is 2.33. The molecule has 1 aromatic heterocycles. The van der Waals surface area contributed by atoms with Crippen LogP contribution >= 0.6 is 11.6 Å². The maximum atomic E-state index is 13.0. The molecule has 0 saturated carbocycles. The van der Waals surface area contributed by atoms with Gasteiger partial charge in [-0.05, 0) is 55.3 Å². The number of alkyl halides is 3. The monoisotopic (exact) mass is 451 g/mol. The summed E-state index contributed by atoms with van der Waals surface area (Å²) < 4.78 is 43.8. The van der Waals surface area contributed by atoms with Gasteiger partial charge >= 0.3 is 12.2 Å². The lowest BCUT2D eigenvalue weighted by atomic mass is 9.99. The van der Waals surface area contributed by atoms with Crippen molar-refractivity contribution >= 4 is 34.8 Å². The lowest BCUT2D eigenvalue weighted by Gasteiger charge is -2.13. The molecule has 0 radical (unpaired) electrons. The minimum atomic E-state index is -4.64. The summed E-state index contributed by atoms with van der Waals surface area (Å²) in [5.41, 5.74) is 1.23. The molecule has 0 aliphatic rings. The van der Waals surface area contributed by atoms with Gasteiger partial charge in [0.2, 0.25) is 0 Å². The molecule has 31 heavy (non-hydrogen) atoms. The van der Waals surface area contributed by atoms with Crippen LogP contribution in [0.25, 0.3) is 0 Å². The predicted molar refractivity (Wildman–Crippen MR) is 110 cm³/mol. The van der Waals surface area contributed by atoms with Crippen LogP contribution in [0.5, 0.6) is 0 Å². The van der Waals surface area contributed by atoms with Gasteiger partial charge in [0.25, 0.3) is 0 Å². The minimum Gasteiger partial charge on any atom is -0.361 e. The first kappa shape index (κ1) is 22.4. The number of aryl methyl sites for hydroxylation is 2. The van der Waals surface area contributed by atoms with Gasteiger partial charge in [0.15, 0.2) is 5.78 Å². The van der Waals surface area contributed by atoms with Crippen molar-refractivity contribution in [3.8, 4) is 0 Å². The lowest BCUT2D eigenvalue weighted by molar-refractivity contribution is -0.137. The van der Waals surface area contributed by atoms with E-state index in [2.05, 4.69) is 15.8 Å². The van der Waals surface area contributed by atoms with Crippen LogP contribution in [-0.2, 0) is 12.6 Å². The molecule has 0 atom stereocenters. The molecular weight excluding hydrogens is 435 g/mol. The van der Waals surface area contributed by atoms with Gasteiger partial charge in [-0.3, -0.25) is 4.79 Å². The van der Waals surface area contributed by atoms with Crippen LogP contribution in [0.2, 0.25) is 5.02 Å². The second-order valence-corrected chi connectivity index (χ2v) is 7.22. The van der Waals surface area contributed by atoms with Crippen LogP contribution < -0.4 is 10.6 Å². The quantitative estimate of drug-likeness (QED) is 0.464. The topological polar surface area (TPSA) is 84.2 Å². The molecule has 2 amide bonds. The molecule has 1 heterocycles. The first-order chi connectivity index (χ1) is 14.5. The van der Waals surface area contributed by atoms with Crippen LogP contribution in [0.3, 0.4) is 0 Å². The van der Waals surface area contributed by atoms with E-state index in [1.807, 2.05) is 0 Å². The summed E-state index contributed by atoms with van der Waals surface area (Å²) in [6.07, 6.45) is -3.14. The summed E-state index contributed by atoms with van der Waals surface area (Å²) in [6.45, 7) is 3.43. The van der Waals surface area contributed by atoms with Gasteiger partial charge in [-0.25, -0.2) is 4.79 Å². The second-order valence-electron chi connectivity index (χ2n) is 6.81. The molecule has 6 nitrogen and oxygen atoms in total. The molecule has 0 saturated heterocycles. The van der Waals surface area contributed by atoms with Crippen LogP contribution in [0.15, 0.2) is 47.1 Å². The number of Topliss-reactive ketones (excluding diaryl/α,β-unsaturated/α-hetero) is 1. The fourth-order valence-electron chi connectivity index (χ4n) is 2.92. The zero-order valence-corrected chi connectivity index (χ0v) is 17.2. The van der Waals surface area contributed by atoms with E-state index in [0.717, 1.165) is 23.3 Å². The molecule has 10 heteroatoms. The van der Waals surface area contributed by atoms with Crippen molar-refractivity contribution in [3.05, 3.63) is 75.6 Å². The van der Waals surface area contributed by atoms with Crippen molar-refractivity contribution in [1.29, 1.82) is 0 Å². The van der Waals surface area contributed by atoms with Gasteiger partial charge in [0.1, 0.15) is 5.76 Å². The Morgan fingerprint density at radius 2 is 1.71 bits per heavy atom. The summed E-state index contributed by atoms with van der Waals surface area (Å²) in [7, 11) is 0. The molecule has 0 bridgehead atoms. The number of amides is 2. The number of nitrogens with one attached hydrogen (secondary N) is 2. The highest BCUT2D eigenvalue weighted by atomic mass is 35.5. The number of aromatic nitrogens is 1. The van der Waals surface area contributed by atoms with Crippen LogP contribution in [0.4, 0.5) is 29.3 Å². The maximum Gasteiger partial charge on any atom is 0.417 e. The smallest absolute Gasteiger partial charge is 0.361 e. The lowest BCUT2D eigenvalue weighted by Crippen LogP contribution is -2.20. The van der Waals surface area contributed by atoms with Gasteiger partial charge in [-0.1, -0.05) is 22.8 Å². The number of ketones is 1. The Morgan fingerprint density at radius 1 is 1.06 bits per heavy atom. The van der Waals surface area contributed by atoms with Gasteiger partial charge in [-0.15, -0.1) is 0 Å². The Bertz CT molecular complexity index is 1140. The Kier molecular flexibility index (Phi) is 6.35. The summed E-state index contributed by atoms with van der Waals surface area (Å²) in [4.78, 5) is 24.6. The third kappa shape index (κ3) is 5.43. The predicted octanol–water partition coefficient (Wildman–Crippen LogP) is 6.03. The first-order valence-electron chi connectivity index (χ1n) is 9.03. The Balaban J connectivity index is 1.67. The van der Waals surface area contributed by atoms with Crippen LogP contribution in [0.1, 0.15) is 32.8 Å². The van der Waals surface area contributed by atoms with Crippen molar-refractivity contribution in [2.75, 3.05) is 10.6 Å². The standard InChI is InChI=1S/C21H17ClF3N3O3/c1-11-7-14(4-3-13(11)8-19(29)16-10-26-31-12(16)2)27-20(30)28-15-5-6-18(22)17(9-15)21(23,24)25/h3-7,9-10H,8H2,1-2H3,(H2,27,28,30). The molecule has 0 unspecified atom stereocenters. The van der Waals surface area contributed by atoms with Crippen LogP contribution in [-0.4, -0.2) is 17.0 Å². The van der Waals surface area contributed by atoms with Crippen LogP contribution in [0, 0.1) is 13.8 Å². The number of urea groups is 1. The minimum absolute atomic E-state index is 0.0581. The van der Waals surface area contributed by atoms with Crippen molar-refractivity contribution in [2.45, 2.75) is 26.4 Å². The number of carbonyl (C=O) groups excluding carboxylic acids is 2. The van der Waals surface area contributed by atoms with Gasteiger partial charge in [0, 0.05) is 17.8 Å². The highest BCUT2D eigenvalue weighted by Crippen LogP contribution is 2.36. The van der Waals surface area contributed by atoms with E-state index in [4.69, 9.17) is 16.1 Å². The number of hydrogen-bond donors (Lipinski definition) is 2. The van der Waals surface area contributed by atoms with E-state index in [-0.39, 0.29) is 17.9 Å². The van der Waals surface area contributed by atoms with Gasteiger partial charge < -0.3 is 15.2 Å². The molecule has 162 valence electrons. The normalized spacial score (nSPS) is 11.3. The van der Waals surface area contributed by atoms with E-state index in [1.54, 1.807) is 32.0 Å². The third-order valence-corrected chi connectivity index (χ3v) is 4.86. The van der Waals surface area contributed by atoms with E-state index < -0.39 is 22.8 Å². The fraction of sp³-hybridized carbons (Fsp3) is 0.190. The number of halogens is 4. The molecule has 3 aromatic rings.